The van der Waals surface area contributed by atoms with Gasteiger partial charge in [0.25, 0.3) is 0 Å². The standard InChI is InChI=1S/C20H26N4OS/c1-12(2)24-10-15(11-24)20-23-9-19(26-20)16-5-4-14(6-22-13(3)25)17-7-21-8-18(16)17/h4-5,9,12,15,21H,6-8,10-11H2,1-3H3,(H,22,25). The van der Waals surface area contributed by atoms with Crippen molar-refractivity contribution in [1.29, 1.82) is 0 Å². The monoisotopic (exact) mass is 370 g/mol. The molecule has 1 amide bonds. The van der Waals surface area contributed by atoms with Crippen LogP contribution >= 0.6 is 11.3 Å². The van der Waals surface area contributed by atoms with Crippen LogP contribution in [0.4, 0.5) is 0 Å². The topological polar surface area (TPSA) is 57.3 Å². The predicted octanol–water partition coefficient (Wildman–Crippen LogP) is 2.86. The van der Waals surface area contributed by atoms with Gasteiger partial charge >= 0.3 is 0 Å². The van der Waals surface area contributed by atoms with Crippen LogP contribution in [0.5, 0.6) is 0 Å². The van der Waals surface area contributed by atoms with Crippen LogP contribution in [0, 0.1) is 0 Å². The van der Waals surface area contributed by atoms with Gasteiger partial charge in [-0.05, 0) is 36.1 Å². The number of nitrogens with zero attached hydrogens (tertiary/aromatic N) is 2. The second-order valence-electron chi connectivity index (χ2n) is 7.55. The Kier molecular flexibility index (Phi) is 4.82. The average molecular weight is 371 g/mol. The summed E-state index contributed by atoms with van der Waals surface area (Å²) in [6, 6.07) is 4.97. The lowest BCUT2D eigenvalue weighted by Gasteiger charge is -2.41. The van der Waals surface area contributed by atoms with E-state index in [1.54, 1.807) is 6.92 Å². The molecule has 2 aromatic rings. The largest absolute Gasteiger partial charge is 0.352 e. The first-order valence-electron chi connectivity index (χ1n) is 9.32. The normalized spacial score (nSPS) is 17.4. The molecule has 3 heterocycles. The maximum atomic E-state index is 11.2. The van der Waals surface area contributed by atoms with Gasteiger partial charge in [-0.2, -0.15) is 0 Å². The number of likely N-dealkylation sites (tertiary alicyclic amines) is 1. The summed E-state index contributed by atoms with van der Waals surface area (Å²) in [6.45, 7) is 10.7. The lowest BCUT2D eigenvalue weighted by atomic mass is 9.97. The minimum atomic E-state index is 0.0109. The number of aromatic nitrogens is 1. The van der Waals surface area contributed by atoms with E-state index in [0.29, 0.717) is 18.5 Å². The molecule has 0 spiro atoms. The Bertz CT molecular complexity index is 823. The maximum absolute atomic E-state index is 11.2. The van der Waals surface area contributed by atoms with Crippen molar-refractivity contribution >= 4 is 17.2 Å². The summed E-state index contributed by atoms with van der Waals surface area (Å²) in [7, 11) is 0. The smallest absolute Gasteiger partial charge is 0.217 e. The summed E-state index contributed by atoms with van der Waals surface area (Å²) < 4.78 is 0. The Balaban J connectivity index is 1.55. The van der Waals surface area contributed by atoms with E-state index in [9.17, 15) is 4.79 Å². The van der Waals surface area contributed by atoms with Crippen molar-refractivity contribution in [1.82, 2.24) is 20.5 Å². The van der Waals surface area contributed by atoms with E-state index in [1.807, 2.05) is 17.5 Å². The summed E-state index contributed by atoms with van der Waals surface area (Å²) >= 11 is 1.84. The highest BCUT2D eigenvalue weighted by Gasteiger charge is 2.32. The van der Waals surface area contributed by atoms with Gasteiger partial charge in [0.05, 0.1) is 9.88 Å². The number of carbonyl (C=O) groups excluding carboxylic acids is 1. The van der Waals surface area contributed by atoms with E-state index < -0.39 is 0 Å². The van der Waals surface area contributed by atoms with E-state index in [-0.39, 0.29) is 5.91 Å². The number of hydrogen-bond donors (Lipinski definition) is 2. The van der Waals surface area contributed by atoms with Gasteiger partial charge in [0.15, 0.2) is 0 Å². The molecule has 5 nitrogen and oxygen atoms in total. The van der Waals surface area contributed by atoms with Crippen LogP contribution in [0.1, 0.15) is 48.4 Å². The molecule has 1 aromatic heterocycles. The SMILES string of the molecule is CC(=O)NCc1ccc(-c2cnc(C3CN(C(C)C)C3)s2)c2c1CNC2. The van der Waals surface area contributed by atoms with Gasteiger partial charge in [0, 0.05) is 57.8 Å². The Morgan fingerprint density at radius 2 is 2.12 bits per heavy atom. The molecule has 1 saturated heterocycles. The first-order valence-corrected chi connectivity index (χ1v) is 10.1. The third-order valence-corrected chi connectivity index (χ3v) is 6.63. The minimum Gasteiger partial charge on any atom is -0.352 e. The quantitative estimate of drug-likeness (QED) is 0.850. The fraction of sp³-hybridized carbons (Fsp3) is 0.500. The molecule has 1 aromatic carbocycles. The average Bonchev–Trinajstić information content (AvgIpc) is 3.20. The van der Waals surface area contributed by atoms with Crippen molar-refractivity contribution in [2.45, 2.75) is 52.4 Å². The molecule has 0 atom stereocenters. The van der Waals surface area contributed by atoms with Crippen LogP contribution in [0.2, 0.25) is 0 Å². The third-order valence-electron chi connectivity index (χ3n) is 5.44. The molecule has 2 aliphatic heterocycles. The van der Waals surface area contributed by atoms with Gasteiger partial charge in [-0.15, -0.1) is 11.3 Å². The molecular weight excluding hydrogens is 344 g/mol. The van der Waals surface area contributed by atoms with Gasteiger partial charge < -0.3 is 10.6 Å². The van der Waals surface area contributed by atoms with Crippen LogP contribution < -0.4 is 10.6 Å². The molecule has 0 aliphatic carbocycles. The number of thiazole rings is 1. The molecule has 1 fully saturated rings. The lowest BCUT2D eigenvalue weighted by molar-refractivity contribution is -0.119. The van der Waals surface area contributed by atoms with E-state index in [0.717, 1.165) is 26.2 Å². The Morgan fingerprint density at radius 1 is 1.35 bits per heavy atom. The van der Waals surface area contributed by atoms with Crippen LogP contribution in [0.15, 0.2) is 18.3 Å². The Morgan fingerprint density at radius 3 is 2.85 bits per heavy atom. The number of nitrogens with one attached hydrogen (secondary N) is 2. The Hall–Kier alpha value is -1.76. The van der Waals surface area contributed by atoms with Crippen LogP contribution in [-0.2, 0) is 24.4 Å². The van der Waals surface area contributed by atoms with Gasteiger partial charge in [0.1, 0.15) is 0 Å². The summed E-state index contributed by atoms with van der Waals surface area (Å²) in [6.07, 6.45) is 2.04. The molecule has 138 valence electrons. The molecule has 0 radical (unpaired) electrons. The summed E-state index contributed by atoms with van der Waals surface area (Å²) in [5, 5.41) is 7.64. The summed E-state index contributed by atoms with van der Waals surface area (Å²) in [5.41, 5.74) is 5.20. The van der Waals surface area contributed by atoms with E-state index >= 15 is 0 Å². The molecule has 2 N–H and O–H groups in total. The van der Waals surface area contributed by atoms with Crippen molar-refractivity contribution in [3.63, 3.8) is 0 Å². The van der Waals surface area contributed by atoms with Crippen LogP contribution in [-0.4, -0.2) is 34.9 Å². The van der Waals surface area contributed by atoms with Gasteiger partial charge in [0.2, 0.25) is 5.91 Å². The van der Waals surface area contributed by atoms with Crippen LogP contribution in [0.25, 0.3) is 10.4 Å². The highest BCUT2D eigenvalue weighted by molar-refractivity contribution is 7.15. The van der Waals surface area contributed by atoms with Gasteiger partial charge in [-0.1, -0.05) is 12.1 Å². The predicted molar refractivity (Wildman–Crippen MR) is 105 cm³/mol. The van der Waals surface area contributed by atoms with Gasteiger partial charge in [-0.25, -0.2) is 4.98 Å². The first-order chi connectivity index (χ1) is 12.5. The number of carbonyl (C=O) groups is 1. The molecule has 0 bridgehead atoms. The van der Waals surface area contributed by atoms with Crippen LogP contribution in [0.3, 0.4) is 0 Å². The Labute approximate surface area is 158 Å². The van der Waals surface area contributed by atoms with Crippen molar-refractivity contribution in [2.75, 3.05) is 13.1 Å². The van der Waals surface area contributed by atoms with Crippen molar-refractivity contribution in [2.24, 2.45) is 0 Å². The lowest BCUT2D eigenvalue weighted by Crippen LogP contribution is -2.48. The number of benzene rings is 1. The first kappa shape index (κ1) is 17.6. The van der Waals surface area contributed by atoms with Gasteiger partial charge in [-0.3, -0.25) is 9.69 Å². The number of amides is 1. The number of fused-ring (bicyclic) bond motifs is 1. The fourth-order valence-electron chi connectivity index (χ4n) is 3.78. The zero-order valence-electron chi connectivity index (χ0n) is 15.6. The molecule has 2 aliphatic rings. The zero-order valence-corrected chi connectivity index (χ0v) is 16.4. The molecule has 26 heavy (non-hydrogen) atoms. The van der Waals surface area contributed by atoms with Crippen molar-refractivity contribution in [3.8, 4) is 10.4 Å². The molecule has 4 rings (SSSR count). The second-order valence-corrected chi connectivity index (χ2v) is 8.61. The van der Waals surface area contributed by atoms with E-state index in [2.05, 4.69) is 41.5 Å². The molecule has 6 heteroatoms. The second kappa shape index (κ2) is 7.10. The zero-order chi connectivity index (χ0) is 18.3. The molecule has 0 saturated carbocycles. The highest BCUT2D eigenvalue weighted by atomic mass is 32.1. The summed E-state index contributed by atoms with van der Waals surface area (Å²) in [5.74, 6) is 0.596. The fourth-order valence-corrected chi connectivity index (χ4v) is 4.84. The van der Waals surface area contributed by atoms with Crippen molar-refractivity contribution < 1.29 is 4.79 Å². The maximum Gasteiger partial charge on any atom is 0.217 e. The van der Waals surface area contributed by atoms with Crippen molar-refractivity contribution in [3.05, 3.63) is 40.0 Å². The van der Waals surface area contributed by atoms with E-state index in [4.69, 9.17) is 4.98 Å². The number of rotatable bonds is 5. The highest BCUT2D eigenvalue weighted by Crippen LogP contribution is 2.38. The molecule has 0 unspecified atom stereocenters. The van der Waals surface area contributed by atoms with E-state index in [1.165, 1.54) is 32.1 Å². The molecular formula is C20H26N4OS. The minimum absolute atomic E-state index is 0.0109. The summed E-state index contributed by atoms with van der Waals surface area (Å²) in [4.78, 5) is 19.7. The third kappa shape index (κ3) is 3.29. The number of hydrogen-bond acceptors (Lipinski definition) is 5.